The second-order valence-electron chi connectivity index (χ2n) is 6.00. The third kappa shape index (κ3) is 10.4. The molecule has 2 nitrogen and oxygen atoms in total. The van der Waals surface area contributed by atoms with Crippen molar-refractivity contribution in [1.82, 2.24) is 0 Å². The van der Waals surface area contributed by atoms with Gasteiger partial charge in [0.05, 0.1) is 11.2 Å². The van der Waals surface area contributed by atoms with E-state index in [1.807, 2.05) is 6.92 Å². The second kappa shape index (κ2) is 7.29. The van der Waals surface area contributed by atoms with Gasteiger partial charge in [0.25, 0.3) is 0 Å². The fourth-order valence-corrected chi connectivity index (χ4v) is 2.31. The van der Waals surface area contributed by atoms with Crippen LogP contribution in [0, 0.1) is 0 Å². The molecular formula is C14H30O2. The van der Waals surface area contributed by atoms with Crippen LogP contribution in [-0.4, -0.2) is 21.4 Å². The molecule has 0 saturated carbocycles. The Bertz CT molecular complexity index is 168. The molecule has 0 heterocycles. The molecule has 98 valence electrons. The van der Waals surface area contributed by atoms with E-state index in [1.165, 1.54) is 32.1 Å². The summed E-state index contributed by atoms with van der Waals surface area (Å²) in [6.07, 6.45) is 8.68. The van der Waals surface area contributed by atoms with E-state index in [0.717, 1.165) is 12.8 Å². The van der Waals surface area contributed by atoms with Gasteiger partial charge in [0.1, 0.15) is 0 Å². The number of hydrogen-bond donors (Lipinski definition) is 2. The molecule has 0 aliphatic rings. The summed E-state index contributed by atoms with van der Waals surface area (Å²) in [6, 6.07) is 0. The lowest BCUT2D eigenvalue weighted by atomic mass is 9.87. The molecule has 0 radical (unpaired) electrons. The molecule has 0 rings (SSSR count). The molecule has 0 saturated heterocycles. The van der Waals surface area contributed by atoms with Crippen LogP contribution in [0.25, 0.3) is 0 Å². The largest absolute Gasteiger partial charge is 0.390 e. The minimum absolute atomic E-state index is 0.453. The number of rotatable bonds is 9. The third-order valence-electron chi connectivity index (χ3n) is 2.88. The summed E-state index contributed by atoms with van der Waals surface area (Å²) >= 11 is 0. The summed E-state index contributed by atoms with van der Waals surface area (Å²) in [6.45, 7) is 7.55. The van der Waals surface area contributed by atoms with E-state index in [4.69, 9.17) is 0 Å². The van der Waals surface area contributed by atoms with E-state index in [-0.39, 0.29) is 0 Å². The summed E-state index contributed by atoms with van der Waals surface area (Å²) in [5, 5.41) is 19.8. The molecule has 0 aliphatic carbocycles. The first kappa shape index (κ1) is 15.9. The van der Waals surface area contributed by atoms with Gasteiger partial charge in [-0.05, 0) is 27.2 Å². The predicted octanol–water partition coefficient (Wildman–Crippen LogP) is 3.65. The smallest absolute Gasteiger partial charge is 0.0646 e. The van der Waals surface area contributed by atoms with Crippen LogP contribution in [0.4, 0.5) is 0 Å². The molecule has 0 aromatic carbocycles. The van der Waals surface area contributed by atoms with Gasteiger partial charge in [0.15, 0.2) is 0 Å². The van der Waals surface area contributed by atoms with Crippen molar-refractivity contribution in [2.75, 3.05) is 0 Å². The van der Waals surface area contributed by atoms with Crippen molar-refractivity contribution in [2.24, 2.45) is 0 Å². The Morgan fingerprint density at radius 2 is 1.31 bits per heavy atom. The molecule has 1 atom stereocenters. The van der Waals surface area contributed by atoms with Crippen LogP contribution in [0.5, 0.6) is 0 Å². The molecule has 0 aromatic heterocycles. The van der Waals surface area contributed by atoms with Crippen LogP contribution in [0.3, 0.4) is 0 Å². The van der Waals surface area contributed by atoms with Gasteiger partial charge in [-0.15, -0.1) is 0 Å². The lowest BCUT2D eigenvalue weighted by molar-refractivity contribution is -0.0409. The summed E-state index contributed by atoms with van der Waals surface area (Å²) in [5.41, 5.74) is -1.49. The first-order valence-electron chi connectivity index (χ1n) is 6.71. The molecular weight excluding hydrogens is 200 g/mol. The first-order chi connectivity index (χ1) is 7.27. The summed E-state index contributed by atoms with van der Waals surface area (Å²) in [5.74, 6) is 0. The Hall–Kier alpha value is -0.0800. The Balaban J connectivity index is 3.58. The highest BCUT2D eigenvalue weighted by molar-refractivity contribution is 4.81. The maximum atomic E-state index is 10.1. The zero-order valence-corrected chi connectivity index (χ0v) is 11.6. The molecule has 2 N–H and O–H groups in total. The van der Waals surface area contributed by atoms with Crippen molar-refractivity contribution >= 4 is 0 Å². The molecule has 2 heteroatoms. The topological polar surface area (TPSA) is 40.5 Å². The highest BCUT2D eigenvalue weighted by Gasteiger charge is 2.28. The zero-order valence-electron chi connectivity index (χ0n) is 11.6. The van der Waals surface area contributed by atoms with Gasteiger partial charge in [0, 0.05) is 6.42 Å². The first-order valence-corrected chi connectivity index (χ1v) is 6.71. The molecule has 16 heavy (non-hydrogen) atoms. The van der Waals surface area contributed by atoms with E-state index < -0.39 is 11.2 Å². The van der Waals surface area contributed by atoms with Crippen LogP contribution in [0.2, 0.25) is 0 Å². The Kier molecular flexibility index (Phi) is 7.25. The fraction of sp³-hybridized carbons (Fsp3) is 1.00. The predicted molar refractivity (Wildman–Crippen MR) is 69.5 cm³/mol. The molecule has 0 amide bonds. The van der Waals surface area contributed by atoms with Gasteiger partial charge in [-0.25, -0.2) is 0 Å². The average molecular weight is 230 g/mol. The highest BCUT2D eigenvalue weighted by Crippen LogP contribution is 2.25. The second-order valence-corrected chi connectivity index (χ2v) is 6.00. The molecule has 0 spiro atoms. The van der Waals surface area contributed by atoms with E-state index in [1.54, 1.807) is 13.8 Å². The van der Waals surface area contributed by atoms with Crippen molar-refractivity contribution in [1.29, 1.82) is 0 Å². The maximum absolute atomic E-state index is 10.1. The van der Waals surface area contributed by atoms with Gasteiger partial charge < -0.3 is 10.2 Å². The average Bonchev–Trinajstić information content (AvgIpc) is 2.06. The van der Waals surface area contributed by atoms with Crippen molar-refractivity contribution in [3.8, 4) is 0 Å². The summed E-state index contributed by atoms with van der Waals surface area (Å²) in [4.78, 5) is 0. The Morgan fingerprint density at radius 1 is 0.812 bits per heavy atom. The fourth-order valence-electron chi connectivity index (χ4n) is 2.31. The van der Waals surface area contributed by atoms with Crippen LogP contribution < -0.4 is 0 Å². The van der Waals surface area contributed by atoms with Crippen LogP contribution >= 0.6 is 0 Å². The van der Waals surface area contributed by atoms with Crippen LogP contribution in [-0.2, 0) is 0 Å². The van der Waals surface area contributed by atoms with E-state index in [2.05, 4.69) is 6.92 Å². The van der Waals surface area contributed by atoms with Crippen molar-refractivity contribution in [3.63, 3.8) is 0 Å². The van der Waals surface area contributed by atoms with Crippen LogP contribution in [0.15, 0.2) is 0 Å². The number of aliphatic hydroxyl groups is 2. The van der Waals surface area contributed by atoms with Gasteiger partial charge in [-0.3, -0.25) is 0 Å². The minimum Gasteiger partial charge on any atom is -0.390 e. The molecule has 0 aliphatic heterocycles. The number of unbranched alkanes of at least 4 members (excludes halogenated alkanes) is 5. The lowest BCUT2D eigenvalue weighted by Crippen LogP contribution is -2.35. The normalized spacial score (nSPS) is 16.1. The van der Waals surface area contributed by atoms with Gasteiger partial charge in [-0.1, -0.05) is 45.4 Å². The standard InChI is InChI=1S/C14H30O2/c1-5-6-7-8-9-10-11-14(4,16)12-13(2,3)15/h15-16H,5-12H2,1-4H3. The maximum Gasteiger partial charge on any atom is 0.0646 e. The Morgan fingerprint density at radius 3 is 1.81 bits per heavy atom. The lowest BCUT2D eigenvalue weighted by Gasteiger charge is -2.30. The third-order valence-corrected chi connectivity index (χ3v) is 2.88. The number of hydrogen-bond acceptors (Lipinski definition) is 2. The van der Waals surface area contributed by atoms with Crippen LogP contribution in [0.1, 0.15) is 79.1 Å². The zero-order chi connectivity index (χ0) is 12.7. The molecule has 0 bridgehead atoms. The summed E-state index contributed by atoms with van der Waals surface area (Å²) < 4.78 is 0. The SMILES string of the molecule is CCCCCCCCC(C)(O)CC(C)(C)O. The Labute approximate surface area is 101 Å². The van der Waals surface area contributed by atoms with E-state index in [0.29, 0.717) is 6.42 Å². The van der Waals surface area contributed by atoms with Crippen molar-refractivity contribution in [2.45, 2.75) is 90.3 Å². The van der Waals surface area contributed by atoms with Crippen molar-refractivity contribution in [3.05, 3.63) is 0 Å². The molecule has 0 fully saturated rings. The minimum atomic E-state index is -0.772. The van der Waals surface area contributed by atoms with E-state index >= 15 is 0 Å². The van der Waals surface area contributed by atoms with Crippen molar-refractivity contribution < 1.29 is 10.2 Å². The molecule has 1 unspecified atom stereocenters. The molecule has 0 aromatic rings. The van der Waals surface area contributed by atoms with E-state index in [9.17, 15) is 10.2 Å². The van der Waals surface area contributed by atoms with Gasteiger partial charge in [0.2, 0.25) is 0 Å². The van der Waals surface area contributed by atoms with Gasteiger partial charge >= 0.3 is 0 Å². The van der Waals surface area contributed by atoms with Gasteiger partial charge in [-0.2, -0.15) is 0 Å². The monoisotopic (exact) mass is 230 g/mol. The quantitative estimate of drug-likeness (QED) is 0.594. The highest BCUT2D eigenvalue weighted by atomic mass is 16.3. The summed E-state index contributed by atoms with van der Waals surface area (Å²) in [7, 11) is 0.